The molecular weight excluding hydrogens is 382 g/mol. The van der Waals surface area contributed by atoms with E-state index in [4.69, 9.17) is 4.74 Å². The summed E-state index contributed by atoms with van der Waals surface area (Å²) in [7, 11) is 0. The second-order valence-electron chi connectivity index (χ2n) is 6.07. The van der Waals surface area contributed by atoms with Gasteiger partial charge in [-0.1, -0.05) is 19.1 Å². The molecule has 0 bridgehead atoms. The van der Waals surface area contributed by atoms with Gasteiger partial charge >= 0.3 is 0 Å². The molecule has 28 heavy (non-hydrogen) atoms. The zero-order valence-electron chi connectivity index (χ0n) is 15.6. The van der Waals surface area contributed by atoms with Crippen molar-refractivity contribution in [3.05, 3.63) is 64.6 Å². The number of amidine groups is 1. The fourth-order valence-corrected chi connectivity index (χ4v) is 3.67. The molecule has 0 atom stereocenters. The lowest BCUT2D eigenvalue weighted by Gasteiger charge is -2.12. The summed E-state index contributed by atoms with van der Waals surface area (Å²) < 4.78 is 32.7. The van der Waals surface area contributed by atoms with Crippen LogP contribution in [0.2, 0.25) is 0 Å². The van der Waals surface area contributed by atoms with Gasteiger partial charge in [-0.2, -0.15) is 0 Å². The van der Waals surface area contributed by atoms with Gasteiger partial charge < -0.3 is 4.74 Å². The molecule has 1 amide bonds. The summed E-state index contributed by atoms with van der Waals surface area (Å²) in [6.07, 6.45) is 2.67. The van der Waals surface area contributed by atoms with Crippen molar-refractivity contribution in [2.24, 2.45) is 4.99 Å². The third kappa shape index (κ3) is 4.59. The number of hydrogen-bond donors (Lipinski definition) is 0. The molecule has 0 unspecified atom stereocenters. The molecule has 2 aromatic rings. The average Bonchev–Trinajstić information content (AvgIpc) is 2.97. The maximum absolute atomic E-state index is 13.9. The van der Waals surface area contributed by atoms with E-state index in [9.17, 15) is 13.6 Å². The fraction of sp³-hybridized carbons (Fsp3) is 0.238. The summed E-state index contributed by atoms with van der Waals surface area (Å²) in [5.41, 5.74) is 0.820. The quantitative estimate of drug-likeness (QED) is 0.610. The van der Waals surface area contributed by atoms with E-state index < -0.39 is 11.6 Å². The summed E-state index contributed by atoms with van der Waals surface area (Å²) in [5.74, 6) is -0.903. The molecule has 7 heteroatoms. The van der Waals surface area contributed by atoms with Crippen molar-refractivity contribution in [1.29, 1.82) is 0 Å². The minimum Gasteiger partial charge on any atom is -0.494 e. The first kappa shape index (κ1) is 20.1. The lowest BCUT2D eigenvalue weighted by atomic mass is 10.2. The number of aliphatic imine (C=N–C) groups is 1. The van der Waals surface area contributed by atoms with Crippen LogP contribution < -0.4 is 4.74 Å². The van der Waals surface area contributed by atoms with Crippen molar-refractivity contribution >= 4 is 34.6 Å². The molecule has 1 aliphatic rings. The Morgan fingerprint density at radius 1 is 1.18 bits per heavy atom. The molecule has 0 radical (unpaired) electrons. The van der Waals surface area contributed by atoms with Crippen molar-refractivity contribution < 1.29 is 18.3 Å². The Bertz CT molecular complexity index is 944. The molecule has 4 nitrogen and oxygen atoms in total. The standard InChI is InChI=1S/C21H20F2N2O2S/c1-3-10-27-16-7-5-6-14(11-16)12-19-20(26)25(4-2)21(28-19)24-18-9-8-15(22)13-17(18)23/h5-9,11-13H,3-4,10H2,1-2H3/b19-12+,24-21?. The van der Waals surface area contributed by atoms with Crippen molar-refractivity contribution in [1.82, 2.24) is 4.90 Å². The van der Waals surface area contributed by atoms with E-state index in [1.54, 1.807) is 6.08 Å². The second kappa shape index (κ2) is 9.01. The molecular formula is C21H20F2N2O2S. The number of ether oxygens (including phenoxy) is 1. The maximum atomic E-state index is 13.9. The van der Waals surface area contributed by atoms with Crippen LogP contribution in [0.3, 0.4) is 0 Å². The molecule has 0 aliphatic carbocycles. The van der Waals surface area contributed by atoms with Crippen LogP contribution in [0, 0.1) is 11.6 Å². The van der Waals surface area contributed by atoms with Gasteiger partial charge in [0.25, 0.3) is 5.91 Å². The van der Waals surface area contributed by atoms with Crippen molar-refractivity contribution in [3.63, 3.8) is 0 Å². The van der Waals surface area contributed by atoms with Crippen LogP contribution in [0.15, 0.2) is 52.4 Å². The SMILES string of the molecule is CCCOc1cccc(/C=C2/SC(=Nc3ccc(F)cc3F)N(CC)C2=O)c1. The molecule has 2 aromatic carbocycles. The molecule has 0 saturated carbocycles. The van der Waals surface area contributed by atoms with Gasteiger partial charge in [-0.05, 0) is 61.0 Å². The number of thioether (sulfide) groups is 1. The summed E-state index contributed by atoms with van der Waals surface area (Å²) in [4.78, 5) is 18.9. The van der Waals surface area contributed by atoms with Crippen LogP contribution in [0.1, 0.15) is 25.8 Å². The normalized spacial score (nSPS) is 17.0. The number of carbonyl (C=O) groups excluding carboxylic acids is 1. The van der Waals surface area contributed by atoms with E-state index in [1.807, 2.05) is 38.1 Å². The molecule has 0 spiro atoms. The van der Waals surface area contributed by atoms with E-state index in [1.165, 1.54) is 11.0 Å². The first-order valence-electron chi connectivity index (χ1n) is 8.99. The minimum absolute atomic E-state index is 0.00800. The number of carbonyl (C=O) groups is 1. The summed E-state index contributed by atoms with van der Waals surface area (Å²) in [5, 5.41) is 0.364. The van der Waals surface area contributed by atoms with Crippen molar-refractivity contribution in [2.75, 3.05) is 13.2 Å². The molecule has 0 N–H and O–H groups in total. The fourth-order valence-electron chi connectivity index (χ4n) is 2.61. The first-order valence-corrected chi connectivity index (χ1v) is 9.81. The molecule has 3 rings (SSSR count). The van der Waals surface area contributed by atoms with E-state index >= 15 is 0 Å². The number of amides is 1. The van der Waals surface area contributed by atoms with Crippen LogP contribution in [-0.2, 0) is 4.79 Å². The van der Waals surface area contributed by atoms with Crippen LogP contribution in [0.25, 0.3) is 6.08 Å². The molecule has 0 aromatic heterocycles. The number of nitrogens with zero attached hydrogens (tertiary/aromatic N) is 2. The van der Waals surface area contributed by atoms with Gasteiger partial charge in [-0.25, -0.2) is 13.8 Å². The molecule has 1 aliphatic heterocycles. The number of benzene rings is 2. The third-order valence-corrected chi connectivity index (χ3v) is 4.97. The summed E-state index contributed by atoms with van der Waals surface area (Å²) >= 11 is 1.16. The Morgan fingerprint density at radius 3 is 2.71 bits per heavy atom. The van der Waals surface area contributed by atoms with Gasteiger partial charge in [0.15, 0.2) is 11.0 Å². The van der Waals surface area contributed by atoms with Gasteiger partial charge in [-0.3, -0.25) is 9.69 Å². The maximum Gasteiger partial charge on any atom is 0.266 e. The summed E-state index contributed by atoms with van der Waals surface area (Å²) in [6, 6.07) is 10.6. The van der Waals surface area contributed by atoms with Crippen LogP contribution in [0.4, 0.5) is 14.5 Å². The van der Waals surface area contributed by atoms with Crippen molar-refractivity contribution in [2.45, 2.75) is 20.3 Å². The highest BCUT2D eigenvalue weighted by Crippen LogP contribution is 2.34. The Labute approximate surface area is 166 Å². The second-order valence-corrected chi connectivity index (χ2v) is 7.08. The minimum atomic E-state index is -0.769. The Morgan fingerprint density at radius 2 is 2.00 bits per heavy atom. The lowest BCUT2D eigenvalue weighted by molar-refractivity contribution is -0.122. The largest absolute Gasteiger partial charge is 0.494 e. The highest BCUT2D eigenvalue weighted by Gasteiger charge is 2.32. The number of halogens is 2. The van der Waals surface area contributed by atoms with Crippen LogP contribution >= 0.6 is 11.8 Å². The van der Waals surface area contributed by atoms with E-state index in [-0.39, 0.29) is 11.6 Å². The van der Waals surface area contributed by atoms with Gasteiger partial charge in [0.05, 0.1) is 11.5 Å². The Kier molecular flexibility index (Phi) is 6.46. The van der Waals surface area contributed by atoms with Crippen LogP contribution in [-0.4, -0.2) is 29.1 Å². The van der Waals surface area contributed by atoms with E-state index in [0.29, 0.717) is 23.2 Å². The van der Waals surface area contributed by atoms with Crippen molar-refractivity contribution in [3.8, 4) is 5.75 Å². The van der Waals surface area contributed by atoms with Gasteiger partial charge in [0, 0.05) is 12.6 Å². The third-order valence-electron chi connectivity index (χ3n) is 3.96. The Hall–Kier alpha value is -2.67. The molecule has 1 heterocycles. The zero-order valence-corrected chi connectivity index (χ0v) is 16.4. The average molecular weight is 402 g/mol. The van der Waals surface area contributed by atoms with Gasteiger partial charge in [0.2, 0.25) is 0 Å². The van der Waals surface area contributed by atoms with Gasteiger partial charge in [-0.15, -0.1) is 0 Å². The monoisotopic (exact) mass is 402 g/mol. The topological polar surface area (TPSA) is 41.9 Å². The Balaban J connectivity index is 1.89. The molecule has 1 saturated heterocycles. The highest BCUT2D eigenvalue weighted by molar-refractivity contribution is 8.18. The van der Waals surface area contributed by atoms with E-state index in [0.717, 1.165) is 41.6 Å². The number of likely N-dealkylation sites (N-methyl/N-ethyl adjacent to an activating group) is 1. The zero-order chi connectivity index (χ0) is 20.1. The predicted octanol–water partition coefficient (Wildman–Crippen LogP) is 5.38. The smallest absolute Gasteiger partial charge is 0.266 e. The number of hydrogen-bond acceptors (Lipinski definition) is 4. The predicted molar refractivity (Wildman–Crippen MR) is 109 cm³/mol. The molecule has 146 valence electrons. The van der Waals surface area contributed by atoms with E-state index in [2.05, 4.69) is 4.99 Å². The van der Waals surface area contributed by atoms with Gasteiger partial charge in [0.1, 0.15) is 17.3 Å². The highest BCUT2D eigenvalue weighted by atomic mass is 32.2. The van der Waals surface area contributed by atoms with Crippen LogP contribution in [0.5, 0.6) is 5.75 Å². The molecule has 1 fully saturated rings. The number of rotatable bonds is 6. The lowest BCUT2D eigenvalue weighted by Crippen LogP contribution is -2.28. The first-order chi connectivity index (χ1) is 13.5. The summed E-state index contributed by atoms with van der Waals surface area (Å²) in [6.45, 7) is 4.86.